The molecule has 1 fully saturated rings. The van der Waals surface area contributed by atoms with Gasteiger partial charge in [0.2, 0.25) is 11.7 Å². The highest BCUT2D eigenvalue weighted by atomic mass is 16.5. The first kappa shape index (κ1) is 19.0. The van der Waals surface area contributed by atoms with Crippen LogP contribution in [0.3, 0.4) is 0 Å². The van der Waals surface area contributed by atoms with Crippen molar-refractivity contribution in [3.63, 3.8) is 0 Å². The summed E-state index contributed by atoms with van der Waals surface area (Å²) in [5.41, 5.74) is 1.62. The van der Waals surface area contributed by atoms with Crippen LogP contribution in [0.4, 0.5) is 5.69 Å². The van der Waals surface area contributed by atoms with E-state index in [0.29, 0.717) is 28.9 Å². The molecule has 0 radical (unpaired) electrons. The van der Waals surface area contributed by atoms with Gasteiger partial charge in [-0.15, -0.1) is 0 Å². The van der Waals surface area contributed by atoms with Crippen molar-refractivity contribution in [3.8, 4) is 17.2 Å². The molecule has 2 aromatic rings. The zero-order chi connectivity index (χ0) is 19.2. The van der Waals surface area contributed by atoms with Gasteiger partial charge in [-0.25, -0.2) is 0 Å². The molecule has 0 saturated heterocycles. The summed E-state index contributed by atoms with van der Waals surface area (Å²) in [5.74, 6) is 1.63. The molecule has 1 saturated carbocycles. The van der Waals surface area contributed by atoms with Gasteiger partial charge in [0.15, 0.2) is 11.5 Å². The molecule has 1 unspecified atom stereocenters. The van der Waals surface area contributed by atoms with Crippen molar-refractivity contribution in [2.75, 3.05) is 26.6 Å². The van der Waals surface area contributed by atoms with Crippen molar-refractivity contribution < 1.29 is 19.0 Å². The Bertz CT molecular complexity index is 748. The minimum atomic E-state index is -0.199. The summed E-state index contributed by atoms with van der Waals surface area (Å²) in [6.45, 7) is 0. The summed E-state index contributed by atoms with van der Waals surface area (Å²) in [6, 6.07) is 7.35. The summed E-state index contributed by atoms with van der Waals surface area (Å²) in [4.78, 5) is 17.3. The molecule has 1 amide bonds. The first-order valence-electron chi connectivity index (χ1n) is 9.18. The summed E-state index contributed by atoms with van der Waals surface area (Å²) in [7, 11) is 4.67. The molecule has 1 aromatic carbocycles. The van der Waals surface area contributed by atoms with Gasteiger partial charge in [0.25, 0.3) is 0 Å². The lowest BCUT2D eigenvalue weighted by atomic mass is 9.84. The Kier molecular flexibility index (Phi) is 6.16. The minimum absolute atomic E-state index is 0.0256. The van der Waals surface area contributed by atoms with Gasteiger partial charge in [0, 0.05) is 30.2 Å². The molecule has 1 aliphatic carbocycles. The van der Waals surface area contributed by atoms with Gasteiger partial charge in [0.1, 0.15) is 0 Å². The smallest absolute Gasteiger partial charge is 0.232 e. The molecular formula is C21H26N2O4. The van der Waals surface area contributed by atoms with Crippen LogP contribution in [-0.2, 0) is 4.79 Å². The molecule has 1 N–H and O–H groups in total. The van der Waals surface area contributed by atoms with E-state index < -0.39 is 0 Å². The number of hydrogen-bond donors (Lipinski definition) is 1. The Balaban J connectivity index is 1.89. The molecule has 0 bridgehead atoms. The number of aromatic nitrogens is 1. The second-order valence-electron chi connectivity index (χ2n) is 6.71. The number of carbonyl (C=O) groups is 1. The van der Waals surface area contributed by atoms with E-state index in [1.807, 2.05) is 12.1 Å². The zero-order valence-corrected chi connectivity index (χ0v) is 16.0. The SMILES string of the molecule is COc1cc(NC(=O)C(c2ccncc2)C2CCCC2)cc(OC)c1OC. The van der Waals surface area contributed by atoms with E-state index in [0.717, 1.165) is 18.4 Å². The van der Waals surface area contributed by atoms with E-state index in [-0.39, 0.29) is 11.8 Å². The van der Waals surface area contributed by atoms with Crippen molar-refractivity contribution in [3.05, 3.63) is 42.2 Å². The average molecular weight is 370 g/mol. The number of rotatable bonds is 7. The van der Waals surface area contributed by atoms with Crippen LogP contribution < -0.4 is 19.5 Å². The molecule has 144 valence electrons. The Morgan fingerprint density at radius 2 is 1.63 bits per heavy atom. The molecule has 6 nitrogen and oxygen atoms in total. The van der Waals surface area contributed by atoms with Crippen LogP contribution >= 0.6 is 0 Å². The molecule has 1 atom stereocenters. The van der Waals surface area contributed by atoms with Crippen molar-refractivity contribution in [2.45, 2.75) is 31.6 Å². The molecular weight excluding hydrogens is 344 g/mol. The van der Waals surface area contributed by atoms with Crippen molar-refractivity contribution in [1.82, 2.24) is 4.98 Å². The van der Waals surface area contributed by atoms with E-state index in [1.165, 1.54) is 12.8 Å². The van der Waals surface area contributed by atoms with Crippen molar-refractivity contribution in [1.29, 1.82) is 0 Å². The van der Waals surface area contributed by atoms with Gasteiger partial charge in [-0.3, -0.25) is 9.78 Å². The fourth-order valence-corrected chi connectivity index (χ4v) is 3.87. The number of carbonyl (C=O) groups excluding carboxylic acids is 1. The van der Waals surface area contributed by atoms with Crippen LogP contribution in [0.25, 0.3) is 0 Å². The van der Waals surface area contributed by atoms with Crippen LogP contribution in [0.15, 0.2) is 36.7 Å². The fraction of sp³-hybridized carbons (Fsp3) is 0.429. The highest BCUT2D eigenvalue weighted by Gasteiger charge is 2.32. The van der Waals surface area contributed by atoms with E-state index >= 15 is 0 Å². The predicted octanol–water partition coefficient (Wildman–Crippen LogP) is 4.02. The van der Waals surface area contributed by atoms with Crippen molar-refractivity contribution in [2.24, 2.45) is 5.92 Å². The van der Waals surface area contributed by atoms with Gasteiger partial charge < -0.3 is 19.5 Å². The van der Waals surface area contributed by atoms with Gasteiger partial charge in [-0.2, -0.15) is 0 Å². The van der Waals surface area contributed by atoms with Crippen LogP contribution in [0.2, 0.25) is 0 Å². The number of nitrogens with one attached hydrogen (secondary N) is 1. The lowest BCUT2D eigenvalue weighted by Gasteiger charge is -2.23. The normalized spacial score (nSPS) is 15.2. The van der Waals surface area contributed by atoms with Crippen LogP contribution in [0.5, 0.6) is 17.2 Å². The maximum atomic E-state index is 13.2. The summed E-state index contributed by atoms with van der Waals surface area (Å²) in [6.07, 6.45) is 7.95. The summed E-state index contributed by atoms with van der Waals surface area (Å²) < 4.78 is 16.1. The Hall–Kier alpha value is -2.76. The average Bonchev–Trinajstić information content (AvgIpc) is 3.22. The molecule has 0 aliphatic heterocycles. The summed E-state index contributed by atoms with van der Waals surface area (Å²) >= 11 is 0. The van der Waals surface area contributed by atoms with Gasteiger partial charge in [0.05, 0.1) is 27.2 Å². The predicted molar refractivity (Wildman–Crippen MR) is 104 cm³/mol. The van der Waals surface area contributed by atoms with Gasteiger partial charge in [-0.05, 0) is 36.5 Å². The zero-order valence-electron chi connectivity index (χ0n) is 16.0. The van der Waals surface area contributed by atoms with E-state index in [4.69, 9.17) is 14.2 Å². The van der Waals surface area contributed by atoms with E-state index in [1.54, 1.807) is 45.9 Å². The molecule has 27 heavy (non-hydrogen) atoms. The topological polar surface area (TPSA) is 69.7 Å². The maximum absolute atomic E-state index is 13.2. The lowest BCUT2D eigenvalue weighted by molar-refractivity contribution is -0.118. The Morgan fingerprint density at radius 3 is 2.15 bits per heavy atom. The number of hydrogen-bond acceptors (Lipinski definition) is 5. The number of pyridine rings is 1. The number of ether oxygens (including phenoxy) is 3. The van der Waals surface area contributed by atoms with Gasteiger partial charge >= 0.3 is 0 Å². The molecule has 1 aromatic heterocycles. The number of anilines is 1. The third kappa shape index (κ3) is 4.15. The molecule has 3 rings (SSSR count). The number of nitrogens with zero attached hydrogens (tertiary/aromatic N) is 1. The largest absolute Gasteiger partial charge is 0.493 e. The lowest BCUT2D eigenvalue weighted by Crippen LogP contribution is -2.26. The second kappa shape index (κ2) is 8.75. The molecule has 6 heteroatoms. The Morgan fingerprint density at radius 1 is 1.04 bits per heavy atom. The first-order valence-corrected chi connectivity index (χ1v) is 9.18. The molecule has 1 aliphatic rings. The second-order valence-corrected chi connectivity index (χ2v) is 6.71. The molecule has 1 heterocycles. The minimum Gasteiger partial charge on any atom is -0.493 e. The standard InChI is InChI=1S/C21H26N2O4/c1-25-17-12-16(13-18(26-2)20(17)27-3)23-21(24)19(14-6-4-5-7-14)15-8-10-22-11-9-15/h8-14,19H,4-7H2,1-3H3,(H,23,24). The monoisotopic (exact) mass is 370 g/mol. The first-order chi connectivity index (χ1) is 13.2. The van der Waals surface area contributed by atoms with Crippen LogP contribution in [0.1, 0.15) is 37.2 Å². The van der Waals surface area contributed by atoms with Crippen LogP contribution in [-0.4, -0.2) is 32.2 Å². The highest BCUT2D eigenvalue weighted by Crippen LogP contribution is 2.41. The van der Waals surface area contributed by atoms with E-state index in [9.17, 15) is 4.79 Å². The molecule has 0 spiro atoms. The fourth-order valence-electron chi connectivity index (χ4n) is 3.87. The van der Waals surface area contributed by atoms with Crippen LogP contribution in [0, 0.1) is 5.92 Å². The van der Waals surface area contributed by atoms with Gasteiger partial charge in [-0.1, -0.05) is 12.8 Å². The third-order valence-corrected chi connectivity index (χ3v) is 5.15. The highest BCUT2D eigenvalue weighted by molar-refractivity contribution is 5.96. The summed E-state index contributed by atoms with van der Waals surface area (Å²) in [5, 5.41) is 3.04. The number of benzene rings is 1. The number of amides is 1. The quantitative estimate of drug-likeness (QED) is 0.797. The maximum Gasteiger partial charge on any atom is 0.232 e. The Labute approximate surface area is 159 Å². The van der Waals surface area contributed by atoms with E-state index in [2.05, 4.69) is 10.3 Å². The number of methoxy groups -OCH3 is 3. The van der Waals surface area contributed by atoms with Crippen molar-refractivity contribution >= 4 is 11.6 Å². The third-order valence-electron chi connectivity index (χ3n) is 5.15.